The van der Waals surface area contributed by atoms with Crippen molar-refractivity contribution in [1.82, 2.24) is 5.32 Å². The second-order valence-corrected chi connectivity index (χ2v) is 5.83. The first kappa shape index (κ1) is 15.3. The van der Waals surface area contributed by atoms with Gasteiger partial charge in [-0.25, -0.2) is 0 Å². The number of benzene rings is 1. The van der Waals surface area contributed by atoms with Gasteiger partial charge in [-0.1, -0.05) is 18.5 Å². The van der Waals surface area contributed by atoms with Crippen LogP contribution in [0.15, 0.2) is 12.1 Å². The molecule has 1 unspecified atom stereocenters. The Morgan fingerprint density at radius 3 is 2.60 bits per heavy atom. The molecule has 1 heterocycles. The molecular formula is C15H23ClN2O2. The summed E-state index contributed by atoms with van der Waals surface area (Å²) in [4.78, 5) is 2.33. The summed E-state index contributed by atoms with van der Waals surface area (Å²) in [5.41, 5.74) is 1.16. The minimum Gasteiger partial charge on any atom is -0.495 e. The molecule has 0 amide bonds. The number of hydrogen-bond acceptors (Lipinski definition) is 4. The number of anilines is 1. The molecule has 1 atom stereocenters. The Morgan fingerprint density at radius 2 is 2.00 bits per heavy atom. The van der Waals surface area contributed by atoms with Crippen LogP contribution in [0.2, 0.25) is 5.02 Å². The van der Waals surface area contributed by atoms with Crippen LogP contribution in [0.5, 0.6) is 11.5 Å². The normalized spacial score (nSPS) is 22.8. The Hall–Kier alpha value is -1.13. The standard InChI is InChI=1S/C15H23ClN2O2/c1-5-15(2)10-18(7-6-17-15)12-9-13(19-3)11(16)8-14(12)20-4/h8-9,17H,5-7,10H2,1-4H3. The van der Waals surface area contributed by atoms with Crippen molar-refractivity contribution in [3.05, 3.63) is 17.2 Å². The van der Waals surface area contributed by atoms with Gasteiger partial charge in [-0.3, -0.25) is 0 Å². The van der Waals surface area contributed by atoms with E-state index < -0.39 is 0 Å². The Morgan fingerprint density at radius 1 is 1.30 bits per heavy atom. The fourth-order valence-corrected chi connectivity index (χ4v) is 2.81. The third-order valence-electron chi connectivity index (χ3n) is 4.05. The summed E-state index contributed by atoms with van der Waals surface area (Å²) < 4.78 is 10.8. The first-order valence-corrected chi connectivity index (χ1v) is 7.32. The number of rotatable bonds is 4. The predicted octanol–water partition coefficient (Wildman–Crippen LogP) is 2.94. The molecule has 1 fully saturated rings. The lowest BCUT2D eigenvalue weighted by Gasteiger charge is -2.42. The maximum absolute atomic E-state index is 6.17. The number of nitrogens with zero attached hydrogens (tertiary/aromatic N) is 1. The fourth-order valence-electron chi connectivity index (χ4n) is 2.58. The van der Waals surface area contributed by atoms with Gasteiger partial charge in [0.25, 0.3) is 0 Å². The van der Waals surface area contributed by atoms with Gasteiger partial charge in [0.15, 0.2) is 0 Å². The van der Waals surface area contributed by atoms with Crippen molar-refractivity contribution in [2.24, 2.45) is 0 Å². The number of halogens is 1. The van der Waals surface area contributed by atoms with E-state index in [1.807, 2.05) is 12.1 Å². The van der Waals surface area contributed by atoms with Crippen LogP contribution in [0.3, 0.4) is 0 Å². The summed E-state index contributed by atoms with van der Waals surface area (Å²) in [6.45, 7) is 7.29. The van der Waals surface area contributed by atoms with Crippen molar-refractivity contribution in [3.8, 4) is 11.5 Å². The summed E-state index contributed by atoms with van der Waals surface area (Å²) in [7, 11) is 3.30. The average molecular weight is 299 g/mol. The van der Waals surface area contributed by atoms with Crippen molar-refractivity contribution >= 4 is 17.3 Å². The lowest BCUT2D eigenvalue weighted by atomic mass is 9.95. The summed E-state index contributed by atoms with van der Waals surface area (Å²) in [6, 6.07) is 3.78. The van der Waals surface area contributed by atoms with E-state index >= 15 is 0 Å². The van der Waals surface area contributed by atoms with Gasteiger partial charge in [0.1, 0.15) is 11.5 Å². The first-order valence-electron chi connectivity index (χ1n) is 6.94. The number of methoxy groups -OCH3 is 2. The van der Waals surface area contributed by atoms with E-state index in [0.29, 0.717) is 10.8 Å². The van der Waals surface area contributed by atoms with Gasteiger partial charge in [-0.15, -0.1) is 0 Å². The van der Waals surface area contributed by atoms with E-state index in [1.54, 1.807) is 14.2 Å². The Kier molecular flexibility index (Phi) is 4.66. The van der Waals surface area contributed by atoms with Crippen molar-refractivity contribution in [3.63, 3.8) is 0 Å². The zero-order valence-corrected chi connectivity index (χ0v) is 13.4. The third kappa shape index (κ3) is 2.96. The van der Waals surface area contributed by atoms with Gasteiger partial charge >= 0.3 is 0 Å². The van der Waals surface area contributed by atoms with Crippen molar-refractivity contribution < 1.29 is 9.47 Å². The summed E-state index contributed by atoms with van der Waals surface area (Å²) in [5, 5.41) is 4.15. The van der Waals surface area contributed by atoms with Gasteiger partial charge in [0, 0.05) is 37.3 Å². The molecule has 0 aliphatic carbocycles. The molecule has 20 heavy (non-hydrogen) atoms. The molecule has 0 saturated carbocycles. The molecule has 0 bridgehead atoms. The average Bonchev–Trinajstić information content (AvgIpc) is 2.47. The molecule has 0 aromatic heterocycles. The van der Waals surface area contributed by atoms with Crippen LogP contribution in [0, 0.1) is 0 Å². The van der Waals surface area contributed by atoms with Crippen LogP contribution >= 0.6 is 11.6 Å². The molecule has 1 aliphatic heterocycles. The predicted molar refractivity (Wildman–Crippen MR) is 83.5 cm³/mol. The van der Waals surface area contributed by atoms with Gasteiger partial charge in [0.05, 0.1) is 24.9 Å². The molecule has 1 aromatic carbocycles. The van der Waals surface area contributed by atoms with Gasteiger partial charge in [-0.05, 0) is 13.3 Å². The maximum Gasteiger partial charge on any atom is 0.143 e. The van der Waals surface area contributed by atoms with E-state index in [4.69, 9.17) is 21.1 Å². The summed E-state index contributed by atoms with van der Waals surface area (Å²) >= 11 is 6.17. The zero-order chi connectivity index (χ0) is 14.8. The summed E-state index contributed by atoms with van der Waals surface area (Å²) in [5.74, 6) is 1.47. The van der Waals surface area contributed by atoms with Crippen LogP contribution in [0.25, 0.3) is 0 Å². The van der Waals surface area contributed by atoms with E-state index in [-0.39, 0.29) is 5.54 Å². The smallest absolute Gasteiger partial charge is 0.143 e. The molecule has 0 spiro atoms. The Labute approximate surface area is 126 Å². The maximum atomic E-state index is 6.17. The lowest BCUT2D eigenvalue weighted by Crippen LogP contribution is -2.58. The number of hydrogen-bond donors (Lipinski definition) is 1. The molecule has 0 radical (unpaired) electrons. The largest absolute Gasteiger partial charge is 0.495 e. The second kappa shape index (κ2) is 6.10. The highest BCUT2D eigenvalue weighted by molar-refractivity contribution is 6.32. The quantitative estimate of drug-likeness (QED) is 0.927. The molecule has 1 saturated heterocycles. The molecule has 5 heteroatoms. The second-order valence-electron chi connectivity index (χ2n) is 5.42. The highest BCUT2D eigenvalue weighted by Gasteiger charge is 2.30. The number of piperazine rings is 1. The van der Waals surface area contributed by atoms with Gasteiger partial charge in [-0.2, -0.15) is 0 Å². The first-order chi connectivity index (χ1) is 9.53. The highest BCUT2D eigenvalue weighted by atomic mass is 35.5. The Bertz CT molecular complexity index is 481. The van der Waals surface area contributed by atoms with Crippen molar-refractivity contribution in [2.45, 2.75) is 25.8 Å². The van der Waals surface area contributed by atoms with Crippen LogP contribution in [0.4, 0.5) is 5.69 Å². The lowest BCUT2D eigenvalue weighted by molar-refractivity contribution is 0.311. The fraction of sp³-hybridized carbons (Fsp3) is 0.600. The molecule has 2 rings (SSSR count). The molecular weight excluding hydrogens is 276 g/mol. The van der Waals surface area contributed by atoms with E-state index in [0.717, 1.165) is 37.5 Å². The van der Waals surface area contributed by atoms with Crippen molar-refractivity contribution in [1.29, 1.82) is 0 Å². The van der Waals surface area contributed by atoms with Gasteiger partial charge in [0.2, 0.25) is 0 Å². The number of ether oxygens (including phenoxy) is 2. The highest BCUT2D eigenvalue weighted by Crippen LogP contribution is 2.39. The molecule has 112 valence electrons. The number of nitrogens with one attached hydrogen (secondary N) is 1. The van der Waals surface area contributed by atoms with Crippen LogP contribution in [-0.2, 0) is 0 Å². The minimum atomic E-state index is 0.121. The third-order valence-corrected chi connectivity index (χ3v) is 4.34. The van der Waals surface area contributed by atoms with Crippen molar-refractivity contribution in [2.75, 3.05) is 38.8 Å². The van der Waals surface area contributed by atoms with Crippen LogP contribution in [-0.4, -0.2) is 39.4 Å². The van der Waals surface area contributed by atoms with Crippen LogP contribution in [0.1, 0.15) is 20.3 Å². The molecule has 1 aliphatic rings. The Balaban J connectivity index is 2.35. The zero-order valence-electron chi connectivity index (χ0n) is 12.6. The minimum absolute atomic E-state index is 0.121. The summed E-state index contributed by atoms with van der Waals surface area (Å²) in [6.07, 6.45) is 1.08. The van der Waals surface area contributed by atoms with Crippen LogP contribution < -0.4 is 19.7 Å². The SMILES string of the molecule is CCC1(C)CN(c2cc(OC)c(Cl)cc2OC)CCN1. The molecule has 1 N–H and O–H groups in total. The molecule has 1 aromatic rings. The van der Waals surface area contributed by atoms with E-state index in [2.05, 4.69) is 24.1 Å². The van der Waals surface area contributed by atoms with E-state index in [9.17, 15) is 0 Å². The van der Waals surface area contributed by atoms with Gasteiger partial charge < -0.3 is 19.7 Å². The molecule has 4 nitrogen and oxygen atoms in total. The van der Waals surface area contributed by atoms with E-state index in [1.165, 1.54) is 0 Å². The monoisotopic (exact) mass is 298 g/mol. The topological polar surface area (TPSA) is 33.7 Å².